The second kappa shape index (κ2) is 6.03. The van der Waals surface area contributed by atoms with E-state index in [1.807, 2.05) is 0 Å². The highest BCUT2D eigenvalue weighted by Gasteiger charge is 2.18. The van der Waals surface area contributed by atoms with E-state index < -0.39 is 0 Å². The minimum absolute atomic E-state index is 0.0321. The molecule has 0 saturated carbocycles. The monoisotopic (exact) mass is 251 g/mol. The first-order valence-corrected chi connectivity index (χ1v) is 6.69. The Kier molecular flexibility index (Phi) is 4.93. The van der Waals surface area contributed by atoms with Crippen LogP contribution < -0.4 is 10.9 Å². The van der Waals surface area contributed by atoms with Gasteiger partial charge in [-0.25, -0.2) is 4.98 Å². The molecule has 0 amide bonds. The lowest BCUT2D eigenvalue weighted by atomic mass is 9.99. The Balaban J connectivity index is 2.94. The standard InChI is InChI=1S/C14H25N3O/c1-6-7-14(4,5)16-12-13(18)17(9-8-15-12)10-11(2)3/h8-9,11H,6-7,10H2,1-5H3,(H,15,16). The molecule has 0 aliphatic rings. The van der Waals surface area contributed by atoms with E-state index in [1.54, 1.807) is 17.0 Å². The van der Waals surface area contributed by atoms with Crippen LogP contribution >= 0.6 is 0 Å². The van der Waals surface area contributed by atoms with Gasteiger partial charge >= 0.3 is 0 Å². The van der Waals surface area contributed by atoms with Crippen molar-refractivity contribution in [1.29, 1.82) is 0 Å². The Labute approximate surface area is 109 Å². The van der Waals surface area contributed by atoms with Crippen molar-refractivity contribution < 1.29 is 0 Å². The average Bonchev–Trinajstić information content (AvgIpc) is 2.23. The Morgan fingerprint density at radius 2 is 2.11 bits per heavy atom. The molecule has 0 aliphatic carbocycles. The molecule has 0 unspecified atom stereocenters. The molecule has 0 spiro atoms. The smallest absolute Gasteiger partial charge is 0.293 e. The largest absolute Gasteiger partial charge is 0.361 e. The third kappa shape index (κ3) is 4.17. The minimum atomic E-state index is -0.0993. The molecule has 18 heavy (non-hydrogen) atoms. The Morgan fingerprint density at radius 1 is 1.44 bits per heavy atom. The number of rotatable bonds is 6. The van der Waals surface area contributed by atoms with Crippen LogP contribution in [0.1, 0.15) is 47.5 Å². The highest BCUT2D eigenvalue weighted by molar-refractivity contribution is 5.34. The van der Waals surface area contributed by atoms with Gasteiger partial charge in [-0.1, -0.05) is 27.2 Å². The van der Waals surface area contributed by atoms with E-state index in [1.165, 1.54) is 0 Å². The zero-order valence-corrected chi connectivity index (χ0v) is 12.2. The molecule has 0 aromatic carbocycles. The fraction of sp³-hybridized carbons (Fsp3) is 0.714. The van der Waals surface area contributed by atoms with Gasteiger partial charge in [0, 0.05) is 24.5 Å². The van der Waals surface area contributed by atoms with Crippen LogP contribution in [-0.2, 0) is 6.54 Å². The van der Waals surface area contributed by atoms with Gasteiger partial charge in [0.25, 0.3) is 5.56 Å². The number of nitrogens with one attached hydrogen (secondary N) is 1. The summed E-state index contributed by atoms with van der Waals surface area (Å²) in [5.74, 6) is 0.901. The summed E-state index contributed by atoms with van der Waals surface area (Å²) in [6, 6.07) is 0. The summed E-state index contributed by atoms with van der Waals surface area (Å²) in [5.41, 5.74) is -0.131. The molecule has 1 aromatic rings. The quantitative estimate of drug-likeness (QED) is 0.845. The van der Waals surface area contributed by atoms with Gasteiger partial charge < -0.3 is 9.88 Å². The van der Waals surface area contributed by atoms with E-state index >= 15 is 0 Å². The summed E-state index contributed by atoms with van der Waals surface area (Å²) >= 11 is 0. The third-order valence-electron chi connectivity index (χ3n) is 2.81. The molecule has 0 aliphatic heterocycles. The first kappa shape index (κ1) is 14.7. The SMILES string of the molecule is CCCC(C)(C)Nc1nccn(CC(C)C)c1=O. The molecule has 0 radical (unpaired) electrons. The van der Waals surface area contributed by atoms with Gasteiger partial charge in [-0.2, -0.15) is 0 Å². The van der Waals surface area contributed by atoms with Crippen molar-refractivity contribution >= 4 is 5.82 Å². The van der Waals surface area contributed by atoms with Crippen LogP contribution in [0.4, 0.5) is 5.82 Å². The van der Waals surface area contributed by atoms with E-state index in [0.717, 1.165) is 19.4 Å². The number of nitrogens with zero attached hydrogens (tertiary/aromatic N) is 2. The van der Waals surface area contributed by atoms with Crippen LogP contribution in [0, 0.1) is 5.92 Å². The molecule has 0 saturated heterocycles. The summed E-state index contributed by atoms with van der Waals surface area (Å²) in [6.45, 7) is 11.2. The van der Waals surface area contributed by atoms with Crippen molar-refractivity contribution in [2.45, 2.75) is 59.5 Å². The van der Waals surface area contributed by atoms with Crippen molar-refractivity contribution in [3.05, 3.63) is 22.7 Å². The second-order valence-corrected chi connectivity index (χ2v) is 5.89. The molecule has 4 heteroatoms. The fourth-order valence-corrected chi connectivity index (χ4v) is 2.08. The minimum Gasteiger partial charge on any atom is -0.361 e. The highest BCUT2D eigenvalue weighted by atomic mass is 16.1. The van der Waals surface area contributed by atoms with Crippen LogP contribution in [0.3, 0.4) is 0 Å². The molecule has 0 atom stereocenters. The van der Waals surface area contributed by atoms with Crippen LogP contribution in [0.5, 0.6) is 0 Å². The van der Waals surface area contributed by atoms with Crippen LogP contribution in [0.25, 0.3) is 0 Å². The van der Waals surface area contributed by atoms with Gasteiger partial charge in [0.1, 0.15) is 0 Å². The van der Waals surface area contributed by atoms with E-state index in [-0.39, 0.29) is 11.1 Å². The van der Waals surface area contributed by atoms with Crippen molar-refractivity contribution in [2.24, 2.45) is 5.92 Å². The first-order chi connectivity index (χ1) is 8.35. The van der Waals surface area contributed by atoms with E-state index in [9.17, 15) is 4.79 Å². The number of aromatic nitrogens is 2. The van der Waals surface area contributed by atoms with E-state index in [4.69, 9.17) is 0 Å². The topological polar surface area (TPSA) is 46.9 Å². The Morgan fingerprint density at radius 3 is 2.67 bits per heavy atom. The van der Waals surface area contributed by atoms with Crippen LogP contribution in [-0.4, -0.2) is 15.1 Å². The predicted octanol–water partition coefficient (Wildman–Crippen LogP) is 2.89. The van der Waals surface area contributed by atoms with Gasteiger partial charge in [-0.3, -0.25) is 4.79 Å². The molecule has 0 fully saturated rings. The van der Waals surface area contributed by atoms with Crippen molar-refractivity contribution in [3.63, 3.8) is 0 Å². The van der Waals surface area contributed by atoms with Crippen molar-refractivity contribution in [1.82, 2.24) is 9.55 Å². The predicted molar refractivity (Wildman–Crippen MR) is 75.9 cm³/mol. The molecule has 1 aromatic heterocycles. The first-order valence-electron chi connectivity index (χ1n) is 6.69. The third-order valence-corrected chi connectivity index (χ3v) is 2.81. The Hall–Kier alpha value is -1.32. The van der Waals surface area contributed by atoms with Crippen molar-refractivity contribution in [3.8, 4) is 0 Å². The maximum absolute atomic E-state index is 12.2. The molecule has 1 heterocycles. The number of hydrogen-bond donors (Lipinski definition) is 1. The highest BCUT2D eigenvalue weighted by Crippen LogP contribution is 2.15. The molecule has 1 N–H and O–H groups in total. The summed E-state index contributed by atoms with van der Waals surface area (Å²) in [5, 5.41) is 3.26. The molecular weight excluding hydrogens is 226 g/mol. The fourth-order valence-electron chi connectivity index (χ4n) is 2.08. The summed E-state index contributed by atoms with van der Waals surface area (Å²) < 4.78 is 1.72. The molecule has 0 bridgehead atoms. The van der Waals surface area contributed by atoms with Gasteiger partial charge in [-0.05, 0) is 26.2 Å². The van der Waals surface area contributed by atoms with E-state index in [0.29, 0.717) is 11.7 Å². The lowest BCUT2D eigenvalue weighted by Crippen LogP contribution is -2.36. The molecule has 4 nitrogen and oxygen atoms in total. The molecular formula is C14H25N3O. The van der Waals surface area contributed by atoms with E-state index in [2.05, 4.69) is 44.9 Å². The molecule has 102 valence electrons. The maximum atomic E-state index is 12.2. The van der Waals surface area contributed by atoms with Gasteiger partial charge in [0.2, 0.25) is 0 Å². The Bertz CT molecular complexity index is 435. The van der Waals surface area contributed by atoms with Gasteiger partial charge in [-0.15, -0.1) is 0 Å². The lowest BCUT2D eigenvalue weighted by Gasteiger charge is -2.26. The number of hydrogen-bond acceptors (Lipinski definition) is 3. The lowest BCUT2D eigenvalue weighted by molar-refractivity contribution is 0.495. The molecule has 1 rings (SSSR count). The van der Waals surface area contributed by atoms with Crippen molar-refractivity contribution in [2.75, 3.05) is 5.32 Å². The van der Waals surface area contributed by atoms with Gasteiger partial charge in [0.05, 0.1) is 0 Å². The maximum Gasteiger partial charge on any atom is 0.293 e. The second-order valence-electron chi connectivity index (χ2n) is 5.89. The zero-order chi connectivity index (χ0) is 13.8. The average molecular weight is 251 g/mol. The zero-order valence-electron chi connectivity index (χ0n) is 12.2. The normalized spacial score (nSPS) is 11.9. The summed E-state index contributed by atoms with van der Waals surface area (Å²) in [6.07, 6.45) is 5.52. The summed E-state index contributed by atoms with van der Waals surface area (Å²) in [7, 11) is 0. The summed E-state index contributed by atoms with van der Waals surface area (Å²) in [4.78, 5) is 16.4. The number of anilines is 1. The van der Waals surface area contributed by atoms with Gasteiger partial charge in [0.15, 0.2) is 5.82 Å². The van der Waals surface area contributed by atoms with Crippen LogP contribution in [0.15, 0.2) is 17.2 Å². The van der Waals surface area contributed by atoms with Crippen LogP contribution in [0.2, 0.25) is 0 Å².